The van der Waals surface area contributed by atoms with Gasteiger partial charge in [0.05, 0.1) is 55.5 Å². The summed E-state index contributed by atoms with van der Waals surface area (Å²) in [5.41, 5.74) is 0.0674. The minimum Gasteiger partial charge on any atom is -0.438 e. The van der Waals surface area contributed by atoms with Crippen LogP contribution in [0.4, 0.5) is 29.3 Å². The van der Waals surface area contributed by atoms with Crippen LogP contribution in [0.15, 0.2) is 24.4 Å². The fourth-order valence-electron chi connectivity index (χ4n) is 4.48. The molecule has 3 aliphatic rings. The van der Waals surface area contributed by atoms with Crippen LogP contribution in [0, 0.1) is 5.82 Å². The predicted octanol–water partition coefficient (Wildman–Crippen LogP) is 0.163. The van der Waals surface area contributed by atoms with Gasteiger partial charge in [-0.1, -0.05) is 0 Å². The number of ether oxygens (including phenoxy) is 1. The number of hydrogen-bond donors (Lipinski definition) is 3. The molecule has 3 amide bonds. The molecule has 1 unspecified atom stereocenters. The molecular weight excluding hydrogens is 513 g/mol. The van der Waals surface area contributed by atoms with Gasteiger partial charge in [-0.3, -0.25) is 19.3 Å². The van der Waals surface area contributed by atoms with Crippen molar-refractivity contribution in [2.45, 2.75) is 31.0 Å². The summed E-state index contributed by atoms with van der Waals surface area (Å²) in [6.45, 7) is 1.38. The number of H-pyrrole nitrogens is 1. The Bertz CT molecular complexity index is 1200. The standard InChI is InChI=1S/C22H25F3N8O5/c23-15-7-14(32-12-22(38-21(32)36)8-17(22)28-20(35)19(24)25)1-2-16(15)31-3-4-33(37-6-5-31)18(34)11-26-9-13-10-27-30-29-13/h1-2,7,10,17,19,26H,3-6,8-9,11-12H2,(H,28,35)(H,27,29,30)/t17-,22?/m0/s1. The number of aromatic nitrogens is 3. The van der Waals surface area contributed by atoms with Crippen LogP contribution in [0.1, 0.15) is 12.1 Å². The molecular formula is C22H25F3N8O5. The lowest BCUT2D eigenvalue weighted by atomic mass is 10.2. The number of rotatable bonds is 8. The number of carbonyl (C=O) groups excluding carboxylic acids is 3. The molecule has 0 radical (unpaired) electrons. The van der Waals surface area contributed by atoms with E-state index in [9.17, 15) is 23.2 Å². The molecule has 1 spiro atoms. The summed E-state index contributed by atoms with van der Waals surface area (Å²) in [6, 6.07) is 3.54. The SMILES string of the molecule is O=C(N[C@H]1CC12CN(c1ccc(N3CCON(C(=O)CNCc4cn[nH]n4)CC3)c(F)c1)C(=O)O2)C(F)F. The highest BCUT2D eigenvalue weighted by atomic mass is 19.3. The highest BCUT2D eigenvalue weighted by molar-refractivity contribution is 5.91. The summed E-state index contributed by atoms with van der Waals surface area (Å²) >= 11 is 0. The van der Waals surface area contributed by atoms with Crippen molar-refractivity contribution in [2.24, 2.45) is 0 Å². The average Bonchev–Trinajstić information content (AvgIpc) is 3.17. The first-order valence-corrected chi connectivity index (χ1v) is 11.9. The molecule has 13 nitrogen and oxygen atoms in total. The van der Waals surface area contributed by atoms with Gasteiger partial charge < -0.3 is 20.3 Å². The number of carbonyl (C=O) groups is 3. The minimum absolute atomic E-state index is 0.00186. The quantitative estimate of drug-likeness (QED) is 0.428. The summed E-state index contributed by atoms with van der Waals surface area (Å²) in [4.78, 5) is 44.6. The first-order chi connectivity index (χ1) is 18.3. The van der Waals surface area contributed by atoms with Gasteiger partial charge in [-0.05, 0) is 18.2 Å². The maximum Gasteiger partial charge on any atom is 0.415 e. The Morgan fingerprint density at radius 1 is 1.26 bits per heavy atom. The summed E-state index contributed by atoms with van der Waals surface area (Å²) in [5, 5.41) is 16.4. The van der Waals surface area contributed by atoms with Gasteiger partial charge in [0, 0.05) is 26.1 Å². The van der Waals surface area contributed by atoms with Crippen LogP contribution in [-0.2, 0) is 25.7 Å². The zero-order chi connectivity index (χ0) is 26.9. The number of benzene rings is 1. The molecule has 2 saturated heterocycles. The number of halogens is 3. The molecule has 1 aromatic heterocycles. The molecule has 16 heteroatoms. The first kappa shape index (κ1) is 25.7. The highest BCUT2D eigenvalue weighted by Gasteiger charge is 2.64. The molecule has 38 heavy (non-hydrogen) atoms. The lowest BCUT2D eigenvalue weighted by Gasteiger charge is -2.24. The maximum absolute atomic E-state index is 15.1. The molecule has 3 fully saturated rings. The van der Waals surface area contributed by atoms with Crippen LogP contribution in [-0.4, -0.2) is 95.8 Å². The van der Waals surface area contributed by atoms with Gasteiger partial charge >= 0.3 is 12.5 Å². The van der Waals surface area contributed by atoms with Crippen molar-refractivity contribution >= 4 is 29.3 Å². The molecule has 0 bridgehead atoms. The Labute approximate surface area is 214 Å². The lowest BCUT2D eigenvalue weighted by Crippen LogP contribution is -2.39. The fraction of sp³-hybridized carbons (Fsp3) is 0.500. The molecule has 3 heterocycles. The molecule has 3 N–H and O–H groups in total. The molecule has 5 rings (SSSR count). The average molecular weight is 538 g/mol. The first-order valence-electron chi connectivity index (χ1n) is 11.9. The highest BCUT2D eigenvalue weighted by Crippen LogP contribution is 2.46. The van der Waals surface area contributed by atoms with Crippen molar-refractivity contribution in [1.82, 2.24) is 31.1 Å². The molecule has 204 valence electrons. The van der Waals surface area contributed by atoms with Crippen molar-refractivity contribution in [1.29, 1.82) is 0 Å². The maximum atomic E-state index is 15.1. The van der Waals surface area contributed by atoms with Gasteiger partial charge in [-0.2, -0.15) is 24.2 Å². The van der Waals surface area contributed by atoms with Crippen molar-refractivity contribution in [3.8, 4) is 0 Å². The van der Waals surface area contributed by atoms with E-state index in [1.807, 2.05) is 0 Å². The van der Waals surface area contributed by atoms with Crippen molar-refractivity contribution < 1.29 is 37.1 Å². The van der Waals surface area contributed by atoms with E-state index in [0.29, 0.717) is 25.3 Å². The normalized spacial score (nSPS) is 23.1. The smallest absolute Gasteiger partial charge is 0.415 e. The fourth-order valence-corrected chi connectivity index (χ4v) is 4.48. The van der Waals surface area contributed by atoms with Crippen LogP contribution in [0.5, 0.6) is 0 Å². The second kappa shape index (κ2) is 10.4. The Kier molecular flexibility index (Phi) is 7.07. The van der Waals surface area contributed by atoms with Gasteiger partial charge in [-0.15, -0.1) is 0 Å². The second-order valence-corrected chi connectivity index (χ2v) is 9.10. The number of alkyl halides is 2. The third-order valence-corrected chi connectivity index (χ3v) is 6.57. The second-order valence-electron chi connectivity index (χ2n) is 9.10. The third-order valence-electron chi connectivity index (χ3n) is 6.57. The van der Waals surface area contributed by atoms with E-state index in [4.69, 9.17) is 9.57 Å². The van der Waals surface area contributed by atoms with E-state index in [2.05, 4.69) is 26.0 Å². The van der Waals surface area contributed by atoms with E-state index in [1.54, 1.807) is 17.2 Å². The Morgan fingerprint density at radius 3 is 2.84 bits per heavy atom. The van der Waals surface area contributed by atoms with E-state index in [0.717, 1.165) is 0 Å². The zero-order valence-corrected chi connectivity index (χ0v) is 20.0. The topological polar surface area (TPSA) is 145 Å². The molecule has 1 saturated carbocycles. The number of hydroxylamine groups is 2. The zero-order valence-electron chi connectivity index (χ0n) is 20.0. The molecule has 1 aromatic carbocycles. The van der Waals surface area contributed by atoms with Crippen LogP contribution in [0.3, 0.4) is 0 Å². The molecule has 2 aromatic rings. The van der Waals surface area contributed by atoms with Gasteiger partial charge in [0.25, 0.3) is 11.8 Å². The van der Waals surface area contributed by atoms with Gasteiger partial charge in [0.1, 0.15) is 5.82 Å². The van der Waals surface area contributed by atoms with E-state index >= 15 is 4.39 Å². The van der Waals surface area contributed by atoms with Crippen molar-refractivity contribution in [3.63, 3.8) is 0 Å². The number of hydrogen-bond acceptors (Lipinski definition) is 9. The van der Waals surface area contributed by atoms with Crippen molar-refractivity contribution in [2.75, 3.05) is 49.1 Å². The summed E-state index contributed by atoms with van der Waals surface area (Å²) in [7, 11) is 0. The monoisotopic (exact) mass is 538 g/mol. The van der Waals surface area contributed by atoms with E-state index in [1.165, 1.54) is 22.1 Å². The Balaban J connectivity index is 1.16. The molecule has 2 aliphatic heterocycles. The Hall–Kier alpha value is -3.92. The number of anilines is 2. The number of aromatic amines is 1. The molecule has 2 atom stereocenters. The van der Waals surface area contributed by atoms with Gasteiger partial charge in [0.2, 0.25) is 0 Å². The third kappa shape index (κ3) is 5.35. The van der Waals surface area contributed by atoms with Crippen LogP contribution < -0.4 is 20.4 Å². The van der Waals surface area contributed by atoms with Gasteiger partial charge in [0.15, 0.2) is 5.60 Å². The predicted molar refractivity (Wildman–Crippen MR) is 123 cm³/mol. The minimum atomic E-state index is -3.17. The van der Waals surface area contributed by atoms with Gasteiger partial charge in [-0.25, -0.2) is 14.2 Å². The summed E-state index contributed by atoms with van der Waals surface area (Å²) in [6.07, 6.45) is -2.17. The van der Waals surface area contributed by atoms with Crippen LogP contribution in [0.25, 0.3) is 0 Å². The largest absolute Gasteiger partial charge is 0.438 e. The molecule has 1 aliphatic carbocycles. The number of nitrogens with one attached hydrogen (secondary N) is 3. The van der Waals surface area contributed by atoms with Crippen LogP contribution in [0.2, 0.25) is 0 Å². The van der Waals surface area contributed by atoms with Crippen molar-refractivity contribution in [3.05, 3.63) is 35.9 Å². The van der Waals surface area contributed by atoms with Crippen LogP contribution >= 0.6 is 0 Å². The lowest BCUT2D eigenvalue weighted by molar-refractivity contribution is -0.180. The Morgan fingerprint density at radius 2 is 2.11 bits per heavy atom. The number of nitrogens with zero attached hydrogens (tertiary/aromatic N) is 5. The summed E-state index contributed by atoms with van der Waals surface area (Å²) in [5.74, 6) is -2.30. The number of amides is 3. The van der Waals surface area contributed by atoms with E-state index in [-0.39, 0.29) is 49.9 Å². The van der Waals surface area contributed by atoms with E-state index < -0.39 is 35.9 Å². The summed E-state index contributed by atoms with van der Waals surface area (Å²) < 4.78 is 45.5.